The van der Waals surface area contributed by atoms with Gasteiger partial charge >= 0.3 is 0 Å². The van der Waals surface area contributed by atoms with Gasteiger partial charge in [-0.3, -0.25) is 0 Å². The highest BCUT2D eigenvalue weighted by Crippen LogP contribution is 2.36. The number of benzene rings is 1. The van der Waals surface area contributed by atoms with Crippen molar-refractivity contribution < 1.29 is 0 Å². The number of nitrogens with zero attached hydrogens (tertiary/aromatic N) is 2. The molecule has 0 unspecified atom stereocenters. The molecule has 1 aromatic heterocycles. The first-order valence-electron chi connectivity index (χ1n) is 7.07. The van der Waals surface area contributed by atoms with E-state index in [2.05, 4.69) is 15.2 Å². The number of hydrogen-bond acceptors (Lipinski definition) is 3. The Morgan fingerprint density at radius 1 is 1.10 bits per heavy atom. The summed E-state index contributed by atoms with van der Waals surface area (Å²) in [4.78, 5) is 6.59. The van der Waals surface area contributed by atoms with Gasteiger partial charge in [-0.15, -0.1) is 0 Å². The average molecular weight is 347 g/mol. The van der Waals surface area contributed by atoms with Crippen LogP contribution in [0.4, 0.5) is 5.69 Å². The second-order valence-corrected chi connectivity index (χ2v) is 5.63. The molecule has 21 heavy (non-hydrogen) atoms. The molecule has 3 nitrogen and oxygen atoms in total. The van der Waals surface area contributed by atoms with E-state index in [1.54, 1.807) is 6.07 Å². The summed E-state index contributed by atoms with van der Waals surface area (Å²) in [5.41, 5.74) is 1.73. The first-order valence-corrected chi connectivity index (χ1v) is 8.20. The first kappa shape index (κ1) is 16.6. The van der Waals surface area contributed by atoms with Gasteiger partial charge in [0.1, 0.15) is 5.15 Å². The summed E-state index contributed by atoms with van der Waals surface area (Å²) in [5.74, 6) is 0. The fourth-order valence-electron chi connectivity index (χ4n) is 2.35. The molecule has 1 fully saturated rings. The maximum Gasteiger partial charge on any atom is 0.131 e. The van der Waals surface area contributed by atoms with Gasteiger partial charge in [-0.1, -0.05) is 48.7 Å². The molecule has 0 radical (unpaired) electrons. The molecule has 2 aromatic rings. The third-order valence-electron chi connectivity index (χ3n) is 3.28. The van der Waals surface area contributed by atoms with Gasteiger partial charge < -0.3 is 10.2 Å². The smallest absolute Gasteiger partial charge is 0.131 e. The van der Waals surface area contributed by atoms with E-state index in [9.17, 15) is 0 Å². The molecule has 1 aromatic carbocycles. The number of pyridine rings is 1. The zero-order valence-corrected chi connectivity index (χ0v) is 14.4. The summed E-state index contributed by atoms with van der Waals surface area (Å²) in [6.07, 6.45) is 0. The molecule has 1 aliphatic heterocycles. The number of fused-ring (bicyclic) bond motifs is 1. The summed E-state index contributed by atoms with van der Waals surface area (Å²) >= 11 is 18.4. The third-order valence-corrected chi connectivity index (χ3v) is 4.27. The highest BCUT2D eigenvalue weighted by molar-refractivity contribution is 6.45. The van der Waals surface area contributed by atoms with Crippen molar-refractivity contribution in [2.75, 3.05) is 31.1 Å². The summed E-state index contributed by atoms with van der Waals surface area (Å²) in [6.45, 7) is 7.80. The number of rotatable bonds is 1. The number of nitrogens with one attached hydrogen (secondary N) is 1. The largest absolute Gasteiger partial charge is 0.368 e. The van der Waals surface area contributed by atoms with Crippen LogP contribution < -0.4 is 10.2 Å². The quantitative estimate of drug-likeness (QED) is 0.763. The molecule has 1 saturated heterocycles. The van der Waals surface area contributed by atoms with Crippen LogP contribution >= 0.6 is 34.8 Å². The molecule has 0 spiro atoms. The van der Waals surface area contributed by atoms with Crippen molar-refractivity contribution in [3.05, 3.63) is 33.4 Å². The number of anilines is 1. The van der Waals surface area contributed by atoms with Crippen molar-refractivity contribution in [1.29, 1.82) is 0 Å². The van der Waals surface area contributed by atoms with Crippen LogP contribution in [-0.2, 0) is 0 Å². The second kappa shape index (κ2) is 7.50. The van der Waals surface area contributed by atoms with Crippen LogP contribution in [0.25, 0.3) is 10.9 Å². The third kappa shape index (κ3) is 3.54. The fraction of sp³-hybridized carbons (Fsp3) is 0.400. The lowest BCUT2D eigenvalue weighted by molar-refractivity contribution is 0.590. The van der Waals surface area contributed by atoms with Crippen molar-refractivity contribution >= 4 is 51.4 Å². The molecule has 0 saturated carbocycles. The van der Waals surface area contributed by atoms with Crippen LogP contribution in [0, 0.1) is 0 Å². The number of aromatic nitrogens is 1. The van der Waals surface area contributed by atoms with Crippen LogP contribution in [0.15, 0.2) is 18.2 Å². The Kier molecular flexibility index (Phi) is 5.94. The predicted octanol–water partition coefficient (Wildman–Crippen LogP) is 4.63. The molecular weight excluding hydrogens is 329 g/mol. The van der Waals surface area contributed by atoms with Crippen LogP contribution in [0.2, 0.25) is 15.2 Å². The lowest BCUT2D eigenvalue weighted by Gasteiger charge is -2.30. The van der Waals surface area contributed by atoms with Crippen molar-refractivity contribution in [2.24, 2.45) is 0 Å². The lowest BCUT2D eigenvalue weighted by Crippen LogP contribution is -2.43. The minimum absolute atomic E-state index is 0.435. The molecular formula is C15H18Cl3N3. The molecule has 3 rings (SSSR count). The number of piperazine rings is 1. The topological polar surface area (TPSA) is 28.2 Å². The van der Waals surface area contributed by atoms with Gasteiger partial charge in [0.2, 0.25) is 0 Å². The van der Waals surface area contributed by atoms with Crippen LogP contribution in [0.3, 0.4) is 0 Å². The molecule has 2 heterocycles. The van der Waals surface area contributed by atoms with Crippen LogP contribution in [-0.4, -0.2) is 31.2 Å². The Morgan fingerprint density at radius 3 is 2.43 bits per heavy atom. The first-order chi connectivity index (χ1) is 10.2. The fourth-order valence-corrected chi connectivity index (χ4v) is 2.90. The Morgan fingerprint density at radius 2 is 1.76 bits per heavy atom. The van der Waals surface area contributed by atoms with Gasteiger partial charge in [-0.2, -0.15) is 0 Å². The van der Waals surface area contributed by atoms with Crippen molar-refractivity contribution in [3.63, 3.8) is 0 Å². The normalized spacial score (nSPS) is 14.8. The Balaban J connectivity index is 0.000000774. The monoisotopic (exact) mass is 345 g/mol. The van der Waals surface area contributed by atoms with Crippen LogP contribution in [0.5, 0.6) is 0 Å². The summed E-state index contributed by atoms with van der Waals surface area (Å²) in [6, 6.07) is 5.64. The van der Waals surface area contributed by atoms with Crippen molar-refractivity contribution in [2.45, 2.75) is 13.8 Å². The SMILES string of the molecule is CC.Clc1cc(N2CCNCC2)c2ccc(Cl)c(Cl)c2n1. The summed E-state index contributed by atoms with van der Waals surface area (Å²) in [7, 11) is 0. The molecule has 0 aliphatic carbocycles. The van der Waals surface area contributed by atoms with Gasteiger partial charge in [0.05, 0.1) is 15.6 Å². The number of hydrogen-bond donors (Lipinski definition) is 1. The average Bonchev–Trinajstić information content (AvgIpc) is 2.53. The van der Waals surface area contributed by atoms with E-state index < -0.39 is 0 Å². The van der Waals surface area contributed by atoms with Gasteiger partial charge in [0, 0.05) is 37.3 Å². The highest BCUT2D eigenvalue weighted by Gasteiger charge is 2.17. The van der Waals surface area contributed by atoms with Crippen molar-refractivity contribution in [3.8, 4) is 0 Å². The van der Waals surface area contributed by atoms with Gasteiger partial charge in [0.15, 0.2) is 0 Å². The molecule has 114 valence electrons. The van der Waals surface area contributed by atoms with E-state index >= 15 is 0 Å². The Bertz CT molecular complexity index is 625. The zero-order valence-electron chi connectivity index (χ0n) is 12.1. The summed E-state index contributed by atoms with van der Waals surface area (Å²) < 4.78 is 0. The minimum atomic E-state index is 0.435. The van der Waals surface area contributed by atoms with E-state index in [0.717, 1.165) is 37.3 Å². The standard InChI is InChI=1S/C13H12Cl3N3.C2H6/c14-9-2-1-8-10(19-5-3-17-4-6-19)7-11(15)18-13(8)12(9)16;1-2/h1-2,7,17H,3-6H2;1-2H3. The molecule has 1 aliphatic rings. The molecule has 0 amide bonds. The second-order valence-electron chi connectivity index (χ2n) is 4.46. The summed E-state index contributed by atoms with van der Waals surface area (Å²) in [5, 5.41) is 5.70. The van der Waals surface area contributed by atoms with E-state index in [-0.39, 0.29) is 0 Å². The van der Waals surface area contributed by atoms with Gasteiger partial charge in [0.25, 0.3) is 0 Å². The van der Waals surface area contributed by atoms with Crippen LogP contribution in [0.1, 0.15) is 13.8 Å². The van der Waals surface area contributed by atoms with E-state index in [1.807, 2.05) is 26.0 Å². The van der Waals surface area contributed by atoms with Gasteiger partial charge in [-0.05, 0) is 18.2 Å². The molecule has 0 bridgehead atoms. The van der Waals surface area contributed by atoms with E-state index in [0.29, 0.717) is 20.7 Å². The minimum Gasteiger partial charge on any atom is -0.368 e. The van der Waals surface area contributed by atoms with E-state index in [1.165, 1.54) is 0 Å². The predicted molar refractivity (Wildman–Crippen MR) is 93.2 cm³/mol. The highest BCUT2D eigenvalue weighted by atomic mass is 35.5. The Hall–Kier alpha value is -0.740. The molecule has 1 N–H and O–H groups in total. The zero-order chi connectivity index (χ0) is 15.4. The maximum absolute atomic E-state index is 6.22. The maximum atomic E-state index is 6.22. The molecule has 6 heteroatoms. The van der Waals surface area contributed by atoms with Gasteiger partial charge in [-0.25, -0.2) is 4.98 Å². The lowest BCUT2D eigenvalue weighted by atomic mass is 10.1. The number of halogens is 3. The Labute approximate surface area is 140 Å². The molecule has 0 atom stereocenters. The van der Waals surface area contributed by atoms with E-state index in [4.69, 9.17) is 34.8 Å². The van der Waals surface area contributed by atoms with Crippen molar-refractivity contribution in [1.82, 2.24) is 10.3 Å².